The van der Waals surface area contributed by atoms with Gasteiger partial charge >= 0.3 is 0 Å². The second-order valence-electron chi connectivity index (χ2n) is 7.14. The van der Waals surface area contributed by atoms with E-state index in [-0.39, 0.29) is 18.4 Å². The van der Waals surface area contributed by atoms with Crippen LogP contribution in [0.2, 0.25) is 0 Å². The number of Topliss-reactive ketones (excluding diaryl/α,β-unsaturated/α-hetero) is 1. The highest BCUT2D eigenvalue weighted by atomic mass is 16.5. The van der Waals surface area contributed by atoms with Crippen molar-refractivity contribution in [1.82, 2.24) is 10.2 Å². The van der Waals surface area contributed by atoms with Crippen molar-refractivity contribution in [3.8, 4) is 0 Å². The highest BCUT2D eigenvalue weighted by molar-refractivity contribution is 6.37. The van der Waals surface area contributed by atoms with Gasteiger partial charge in [0.1, 0.15) is 0 Å². The van der Waals surface area contributed by atoms with E-state index in [2.05, 4.69) is 41.4 Å². The molecule has 0 atom stereocenters. The smallest absolute Gasteiger partial charge is 0.288 e. The fourth-order valence-corrected chi connectivity index (χ4v) is 3.47. The zero-order valence-electron chi connectivity index (χ0n) is 15.8. The maximum atomic E-state index is 12.4. The number of amides is 2. The Kier molecular flexibility index (Phi) is 6.45. The molecule has 1 aromatic carbocycles. The third kappa shape index (κ3) is 5.07. The fourth-order valence-electron chi connectivity index (χ4n) is 3.47. The van der Waals surface area contributed by atoms with Crippen LogP contribution in [0.3, 0.4) is 0 Å². The molecule has 2 saturated heterocycles. The Morgan fingerprint density at radius 2 is 1.67 bits per heavy atom. The molecule has 0 spiro atoms. The largest absolute Gasteiger partial charge is 0.381 e. The van der Waals surface area contributed by atoms with Gasteiger partial charge in [-0.1, -0.05) is 17.7 Å². The van der Waals surface area contributed by atoms with Crippen LogP contribution in [0.1, 0.15) is 18.4 Å². The second-order valence-corrected chi connectivity index (χ2v) is 7.14. The zero-order valence-corrected chi connectivity index (χ0v) is 15.8. The molecule has 2 aliphatic heterocycles. The van der Waals surface area contributed by atoms with Crippen LogP contribution in [0.25, 0.3) is 0 Å². The number of hydrogen-bond acceptors (Lipinski definition) is 5. The topological polar surface area (TPSA) is 79.0 Å². The van der Waals surface area contributed by atoms with Gasteiger partial charge < -0.3 is 19.9 Å². The van der Waals surface area contributed by atoms with Gasteiger partial charge in [-0.15, -0.1) is 0 Å². The van der Waals surface area contributed by atoms with Crippen LogP contribution in [-0.4, -0.2) is 68.4 Å². The summed E-state index contributed by atoms with van der Waals surface area (Å²) in [4.78, 5) is 40.5. The van der Waals surface area contributed by atoms with E-state index in [0.717, 1.165) is 18.8 Å². The number of hydrogen-bond donors (Lipinski definition) is 1. The SMILES string of the molecule is Cc1ccc(N2CCN(C(=O)CNC(=O)C(=O)C3CCOCC3)CC2)cc1. The molecule has 0 radical (unpaired) electrons. The number of carbonyl (C=O) groups is 3. The van der Waals surface area contributed by atoms with Gasteiger partial charge in [0.15, 0.2) is 0 Å². The number of aryl methyl sites for hydroxylation is 1. The molecule has 0 bridgehead atoms. The van der Waals surface area contributed by atoms with Crippen molar-refractivity contribution in [2.45, 2.75) is 19.8 Å². The normalized spacial score (nSPS) is 18.3. The summed E-state index contributed by atoms with van der Waals surface area (Å²) in [6.45, 7) is 5.67. The monoisotopic (exact) mass is 373 g/mol. The number of ether oxygens (including phenoxy) is 1. The molecule has 1 N–H and O–H groups in total. The number of benzene rings is 1. The van der Waals surface area contributed by atoms with Gasteiger partial charge in [-0.25, -0.2) is 0 Å². The first-order chi connectivity index (χ1) is 13.0. The lowest BCUT2D eigenvalue weighted by atomic mass is 9.95. The molecule has 2 fully saturated rings. The van der Waals surface area contributed by atoms with Crippen molar-refractivity contribution in [3.05, 3.63) is 29.8 Å². The molecule has 7 heteroatoms. The fraction of sp³-hybridized carbons (Fsp3) is 0.550. The summed E-state index contributed by atoms with van der Waals surface area (Å²) in [5, 5.41) is 2.49. The van der Waals surface area contributed by atoms with E-state index in [1.165, 1.54) is 5.56 Å². The Bertz CT molecular complexity index is 675. The molecule has 0 aromatic heterocycles. The molecule has 2 heterocycles. The van der Waals surface area contributed by atoms with Gasteiger partial charge in [0, 0.05) is 51.0 Å². The van der Waals surface area contributed by atoms with Gasteiger partial charge in [0.25, 0.3) is 5.91 Å². The standard InChI is InChI=1S/C20H27N3O4/c1-15-2-4-17(5-3-15)22-8-10-23(11-9-22)18(24)14-21-20(26)19(25)16-6-12-27-13-7-16/h2-5,16H,6-14H2,1H3,(H,21,26). The highest BCUT2D eigenvalue weighted by Crippen LogP contribution is 2.17. The predicted octanol–water partition coefficient (Wildman–Crippen LogP) is 0.756. The summed E-state index contributed by atoms with van der Waals surface area (Å²) in [5.41, 5.74) is 2.38. The maximum Gasteiger partial charge on any atom is 0.288 e. The van der Waals surface area contributed by atoms with E-state index >= 15 is 0 Å². The predicted molar refractivity (Wildman–Crippen MR) is 102 cm³/mol. The lowest BCUT2D eigenvalue weighted by Crippen LogP contribution is -2.52. The Balaban J connectivity index is 1.42. The van der Waals surface area contributed by atoms with Crippen LogP contribution in [0.4, 0.5) is 5.69 Å². The summed E-state index contributed by atoms with van der Waals surface area (Å²) in [7, 11) is 0. The minimum Gasteiger partial charge on any atom is -0.381 e. The summed E-state index contributed by atoms with van der Waals surface area (Å²) < 4.78 is 5.20. The van der Waals surface area contributed by atoms with E-state index in [1.807, 2.05) is 0 Å². The number of nitrogens with one attached hydrogen (secondary N) is 1. The Hall–Kier alpha value is -2.41. The third-order valence-electron chi connectivity index (χ3n) is 5.25. The zero-order chi connectivity index (χ0) is 19.2. The summed E-state index contributed by atoms with van der Waals surface area (Å²) in [6, 6.07) is 8.35. The van der Waals surface area contributed by atoms with E-state index in [4.69, 9.17) is 4.74 Å². The summed E-state index contributed by atoms with van der Waals surface area (Å²) in [5.74, 6) is -1.53. The Morgan fingerprint density at radius 3 is 2.30 bits per heavy atom. The third-order valence-corrected chi connectivity index (χ3v) is 5.25. The van der Waals surface area contributed by atoms with Crippen molar-refractivity contribution >= 4 is 23.3 Å². The van der Waals surface area contributed by atoms with Gasteiger partial charge in [-0.3, -0.25) is 14.4 Å². The number of anilines is 1. The average molecular weight is 373 g/mol. The average Bonchev–Trinajstić information content (AvgIpc) is 2.72. The number of ketones is 1. The molecular weight excluding hydrogens is 346 g/mol. The van der Waals surface area contributed by atoms with Crippen LogP contribution in [-0.2, 0) is 19.1 Å². The second kappa shape index (κ2) is 8.99. The minimum absolute atomic E-state index is 0.127. The quantitative estimate of drug-likeness (QED) is 0.771. The van der Waals surface area contributed by atoms with Crippen molar-refractivity contribution < 1.29 is 19.1 Å². The molecule has 2 aliphatic rings. The van der Waals surface area contributed by atoms with E-state index in [1.54, 1.807) is 4.90 Å². The number of piperazine rings is 1. The van der Waals surface area contributed by atoms with E-state index < -0.39 is 11.7 Å². The van der Waals surface area contributed by atoms with E-state index in [9.17, 15) is 14.4 Å². The van der Waals surface area contributed by atoms with Gasteiger partial charge in [-0.05, 0) is 31.9 Å². The van der Waals surface area contributed by atoms with Crippen molar-refractivity contribution in [2.24, 2.45) is 5.92 Å². The molecule has 0 saturated carbocycles. The molecule has 1 aromatic rings. The van der Waals surface area contributed by atoms with Crippen LogP contribution >= 0.6 is 0 Å². The molecule has 3 rings (SSSR count). The maximum absolute atomic E-state index is 12.4. The number of carbonyl (C=O) groups excluding carboxylic acids is 3. The molecule has 146 valence electrons. The molecule has 2 amide bonds. The van der Waals surface area contributed by atoms with Gasteiger partial charge in [0.05, 0.1) is 6.54 Å². The van der Waals surface area contributed by atoms with Crippen LogP contribution in [0.5, 0.6) is 0 Å². The molecule has 27 heavy (non-hydrogen) atoms. The van der Waals surface area contributed by atoms with Crippen molar-refractivity contribution in [3.63, 3.8) is 0 Å². The molecule has 0 aliphatic carbocycles. The van der Waals surface area contributed by atoms with Gasteiger partial charge in [0.2, 0.25) is 11.7 Å². The first kappa shape index (κ1) is 19.4. The van der Waals surface area contributed by atoms with Crippen LogP contribution in [0.15, 0.2) is 24.3 Å². The van der Waals surface area contributed by atoms with Gasteiger partial charge in [-0.2, -0.15) is 0 Å². The molecule has 0 unspecified atom stereocenters. The number of nitrogens with zero attached hydrogens (tertiary/aromatic N) is 2. The first-order valence-electron chi connectivity index (χ1n) is 9.54. The molecular formula is C20H27N3O4. The van der Waals surface area contributed by atoms with Crippen molar-refractivity contribution in [1.29, 1.82) is 0 Å². The molecule has 7 nitrogen and oxygen atoms in total. The summed E-state index contributed by atoms with van der Waals surface area (Å²) >= 11 is 0. The number of rotatable bonds is 5. The first-order valence-corrected chi connectivity index (χ1v) is 9.54. The minimum atomic E-state index is -0.659. The van der Waals surface area contributed by atoms with Crippen LogP contribution < -0.4 is 10.2 Å². The highest BCUT2D eigenvalue weighted by Gasteiger charge is 2.28. The van der Waals surface area contributed by atoms with Crippen molar-refractivity contribution in [2.75, 3.05) is 50.8 Å². The van der Waals surface area contributed by atoms with Crippen LogP contribution in [0, 0.1) is 12.8 Å². The Labute approximate surface area is 159 Å². The lowest BCUT2D eigenvalue weighted by molar-refractivity contribution is -0.143. The summed E-state index contributed by atoms with van der Waals surface area (Å²) in [6.07, 6.45) is 1.14. The van der Waals surface area contributed by atoms with E-state index in [0.29, 0.717) is 39.1 Å². The Morgan fingerprint density at radius 1 is 1.04 bits per heavy atom. The lowest BCUT2D eigenvalue weighted by Gasteiger charge is -2.36.